The van der Waals surface area contributed by atoms with Crippen LogP contribution in [0.5, 0.6) is 0 Å². The predicted molar refractivity (Wildman–Crippen MR) is 76.2 cm³/mol. The van der Waals surface area contributed by atoms with Crippen LogP contribution in [0, 0.1) is 5.41 Å². The maximum absolute atomic E-state index is 5.72. The van der Waals surface area contributed by atoms with E-state index < -0.39 is 0 Å². The molecule has 0 atom stereocenters. The van der Waals surface area contributed by atoms with Crippen LogP contribution in [0.15, 0.2) is 18.2 Å². The number of nitrogens with two attached hydrogens (primary N) is 1. The van der Waals surface area contributed by atoms with Crippen LogP contribution in [0.4, 0.5) is 5.82 Å². The molecule has 1 heterocycles. The van der Waals surface area contributed by atoms with E-state index in [4.69, 9.17) is 5.73 Å². The van der Waals surface area contributed by atoms with Crippen molar-refractivity contribution in [2.75, 3.05) is 12.8 Å². The van der Waals surface area contributed by atoms with Crippen LogP contribution in [0.25, 0.3) is 0 Å². The zero-order chi connectivity index (χ0) is 13.2. The van der Waals surface area contributed by atoms with E-state index >= 15 is 0 Å². The van der Waals surface area contributed by atoms with Gasteiger partial charge in [-0.25, -0.2) is 4.98 Å². The summed E-state index contributed by atoms with van der Waals surface area (Å²) in [6, 6.07) is 6.57. The van der Waals surface area contributed by atoms with Crippen molar-refractivity contribution in [3.05, 3.63) is 23.9 Å². The molecule has 0 aliphatic heterocycles. The Morgan fingerprint density at radius 3 is 2.61 bits per heavy atom. The molecule has 3 heteroatoms. The highest BCUT2D eigenvalue weighted by Crippen LogP contribution is 2.36. The Hall–Kier alpha value is -1.09. The maximum Gasteiger partial charge on any atom is 0.123 e. The number of pyridine rings is 1. The van der Waals surface area contributed by atoms with Gasteiger partial charge < -0.3 is 5.73 Å². The van der Waals surface area contributed by atoms with Gasteiger partial charge in [0.2, 0.25) is 0 Å². The van der Waals surface area contributed by atoms with Crippen LogP contribution < -0.4 is 5.73 Å². The Morgan fingerprint density at radius 2 is 2.00 bits per heavy atom. The molecule has 1 aromatic heterocycles. The lowest BCUT2D eigenvalue weighted by Gasteiger charge is -2.38. The van der Waals surface area contributed by atoms with Gasteiger partial charge in [-0.1, -0.05) is 19.9 Å². The first kappa shape index (κ1) is 13.3. The minimum atomic E-state index is 0.534. The van der Waals surface area contributed by atoms with Crippen LogP contribution in [-0.4, -0.2) is 23.0 Å². The van der Waals surface area contributed by atoms with Gasteiger partial charge >= 0.3 is 0 Å². The molecule has 2 rings (SSSR count). The number of nitrogen functional groups attached to an aromatic ring is 1. The van der Waals surface area contributed by atoms with Gasteiger partial charge in [0.05, 0.1) is 5.69 Å². The lowest BCUT2D eigenvalue weighted by molar-refractivity contribution is 0.122. The molecule has 18 heavy (non-hydrogen) atoms. The third-order valence-corrected chi connectivity index (χ3v) is 4.17. The molecule has 3 nitrogen and oxygen atoms in total. The van der Waals surface area contributed by atoms with Crippen molar-refractivity contribution < 1.29 is 0 Å². The third-order valence-electron chi connectivity index (χ3n) is 4.17. The quantitative estimate of drug-likeness (QED) is 0.892. The zero-order valence-electron chi connectivity index (χ0n) is 11.8. The lowest BCUT2D eigenvalue weighted by atomic mass is 9.75. The normalized spacial score (nSPS) is 20.2. The molecule has 0 amide bonds. The van der Waals surface area contributed by atoms with Gasteiger partial charge in [0, 0.05) is 12.6 Å². The monoisotopic (exact) mass is 247 g/mol. The van der Waals surface area contributed by atoms with Crippen LogP contribution in [0.2, 0.25) is 0 Å². The topological polar surface area (TPSA) is 42.1 Å². The summed E-state index contributed by atoms with van der Waals surface area (Å²) in [5, 5.41) is 0. The molecule has 100 valence electrons. The molecule has 0 saturated heterocycles. The summed E-state index contributed by atoms with van der Waals surface area (Å²) in [6.45, 7) is 5.65. The third kappa shape index (κ3) is 3.45. The SMILES string of the molecule is CN(Cc1cccc(N)n1)C1CCC(C)(C)CC1. The molecule has 1 aliphatic rings. The van der Waals surface area contributed by atoms with Gasteiger partial charge in [0.25, 0.3) is 0 Å². The van der Waals surface area contributed by atoms with E-state index in [1.165, 1.54) is 25.7 Å². The van der Waals surface area contributed by atoms with Crippen molar-refractivity contribution in [3.63, 3.8) is 0 Å². The van der Waals surface area contributed by atoms with E-state index in [0.717, 1.165) is 12.2 Å². The highest BCUT2D eigenvalue weighted by molar-refractivity contribution is 5.28. The number of rotatable bonds is 3. The second-order valence-corrected chi connectivity index (χ2v) is 6.36. The van der Waals surface area contributed by atoms with Crippen molar-refractivity contribution in [1.29, 1.82) is 0 Å². The molecule has 0 aromatic carbocycles. The van der Waals surface area contributed by atoms with Crippen LogP contribution in [0.3, 0.4) is 0 Å². The molecule has 1 fully saturated rings. The first-order valence-corrected chi connectivity index (χ1v) is 6.88. The van der Waals surface area contributed by atoms with Gasteiger partial charge in [-0.2, -0.15) is 0 Å². The Labute approximate surface area is 110 Å². The second kappa shape index (κ2) is 5.27. The Bertz CT molecular complexity index is 390. The number of hydrogen-bond donors (Lipinski definition) is 1. The summed E-state index contributed by atoms with van der Waals surface area (Å²) in [6.07, 6.45) is 5.25. The molecule has 1 aliphatic carbocycles. The minimum Gasteiger partial charge on any atom is -0.384 e. The van der Waals surface area contributed by atoms with E-state index in [1.807, 2.05) is 12.1 Å². The van der Waals surface area contributed by atoms with Gasteiger partial charge in [0.1, 0.15) is 5.82 Å². The fraction of sp³-hybridized carbons (Fsp3) is 0.667. The van der Waals surface area contributed by atoms with E-state index in [-0.39, 0.29) is 0 Å². The average molecular weight is 247 g/mol. The van der Waals surface area contributed by atoms with Crippen LogP contribution in [0.1, 0.15) is 45.2 Å². The molecular formula is C15H25N3. The fourth-order valence-electron chi connectivity index (χ4n) is 2.80. The Kier molecular flexibility index (Phi) is 3.91. The van der Waals surface area contributed by atoms with E-state index in [1.54, 1.807) is 0 Å². The van der Waals surface area contributed by atoms with Gasteiger partial charge in [-0.3, -0.25) is 4.90 Å². The second-order valence-electron chi connectivity index (χ2n) is 6.36. The van der Waals surface area contributed by atoms with Crippen LogP contribution >= 0.6 is 0 Å². The van der Waals surface area contributed by atoms with Gasteiger partial charge in [-0.05, 0) is 50.3 Å². The van der Waals surface area contributed by atoms with E-state index in [0.29, 0.717) is 17.3 Å². The van der Waals surface area contributed by atoms with E-state index in [2.05, 4.69) is 36.8 Å². The number of hydrogen-bond acceptors (Lipinski definition) is 3. The fourth-order valence-corrected chi connectivity index (χ4v) is 2.80. The van der Waals surface area contributed by atoms with E-state index in [9.17, 15) is 0 Å². The molecule has 0 unspecified atom stereocenters. The highest BCUT2D eigenvalue weighted by Gasteiger charge is 2.28. The molecule has 0 spiro atoms. The lowest BCUT2D eigenvalue weighted by Crippen LogP contribution is -2.36. The first-order chi connectivity index (χ1) is 8.46. The largest absolute Gasteiger partial charge is 0.384 e. The first-order valence-electron chi connectivity index (χ1n) is 6.88. The summed E-state index contributed by atoms with van der Waals surface area (Å²) in [7, 11) is 2.20. The zero-order valence-corrected chi connectivity index (χ0v) is 11.8. The summed E-state index contributed by atoms with van der Waals surface area (Å²) >= 11 is 0. The number of anilines is 1. The van der Waals surface area contributed by atoms with Gasteiger partial charge in [-0.15, -0.1) is 0 Å². The van der Waals surface area contributed by atoms with Crippen molar-refractivity contribution >= 4 is 5.82 Å². The molecular weight excluding hydrogens is 222 g/mol. The van der Waals surface area contributed by atoms with Gasteiger partial charge in [0.15, 0.2) is 0 Å². The number of aromatic nitrogens is 1. The number of nitrogens with zero attached hydrogens (tertiary/aromatic N) is 2. The summed E-state index contributed by atoms with van der Waals surface area (Å²) < 4.78 is 0. The summed E-state index contributed by atoms with van der Waals surface area (Å²) in [4.78, 5) is 6.80. The highest BCUT2D eigenvalue weighted by atomic mass is 15.1. The van der Waals surface area contributed by atoms with Crippen molar-refractivity contribution in [1.82, 2.24) is 9.88 Å². The van der Waals surface area contributed by atoms with Crippen molar-refractivity contribution in [3.8, 4) is 0 Å². The molecule has 0 radical (unpaired) electrons. The molecule has 2 N–H and O–H groups in total. The average Bonchev–Trinajstić information content (AvgIpc) is 2.28. The molecule has 1 saturated carbocycles. The summed E-state index contributed by atoms with van der Waals surface area (Å²) in [5.74, 6) is 0.616. The molecule has 1 aromatic rings. The Balaban J connectivity index is 1.91. The standard InChI is InChI=1S/C15H25N3/c1-15(2)9-7-13(8-10-15)18(3)11-12-5-4-6-14(16)17-12/h4-6,13H,7-11H2,1-3H3,(H2,16,17). The van der Waals surface area contributed by atoms with Crippen molar-refractivity contribution in [2.24, 2.45) is 5.41 Å². The Morgan fingerprint density at radius 1 is 1.33 bits per heavy atom. The smallest absolute Gasteiger partial charge is 0.123 e. The predicted octanol–water partition coefficient (Wildman–Crippen LogP) is 3.06. The van der Waals surface area contributed by atoms with Crippen LogP contribution in [-0.2, 0) is 6.54 Å². The summed E-state index contributed by atoms with van der Waals surface area (Å²) in [5.41, 5.74) is 7.32. The van der Waals surface area contributed by atoms with Crippen molar-refractivity contribution in [2.45, 2.75) is 52.1 Å². The molecule has 0 bridgehead atoms. The minimum absolute atomic E-state index is 0.534. The maximum atomic E-state index is 5.72.